The molecule has 3 N–H and O–H groups in total. The Morgan fingerprint density at radius 1 is 1.30 bits per heavy atom. The maximum atomic E-state index is 11.7. The minimum Gasteiger partial charge on any atom is -0.508 e. The minimum atomic E-state index is -0.226. The van der Waals surface area contributed by atoms with Crippen LogP contribution in [0, 0.1) is 0 Å². The van der Waals surface area contributed by atoms with Gasteiger partial charge in [0.1, 0.15) is 11.5 Å². The summed E-state index contributed by atoms with van der Waals surface area (Å²) < 4.78 is 0. The summed E-state index contributed by atoms with van der Waals surface area (Å²) in [5.41, 5.74) is 3.78. The van der Waals surface area contributed by atoms with Crippen LogP contribution in [0.2, 0.25) is 0 Å². The third kappa shape index (κ3) is 4.08. The second-order valence-electron chi connectivity index (χ2n) is 4.62. The molecule has 1 heterocycles. The fourth-order valence-corrected chi connectivity index (χ4v) is 1.90. The SMILES string of the molecule is O=C1CCC(C(=O)NCCCc2ccc(O)cc2)=NN1. The first-order valence-electron chi connectivity index (χ1n) is 6.56. The van der Waals surface area contributed by atoms with Crippen LogP contribution in [0.5, 0.6) is 5.75 Å². The van der Waals surface area contributed by atoms with Gasteiger partial charge in [-0.05, 0) is 30.5 Å². The molecule has 0 unspecified atom stereocenters. The summed E-state index contributed by atoms with van der Waals surface area (Å²) in [5.74, 6) is -0.135. The van der Waals surface area contributed by atoms with Gasteiger partial charge in [0.2, 0.25) is 5.91 Å². The molecule has 1 aromatic carbocycles. The standard InChI is InChI=1S/C14H17N3O3/c18-11-5-3-10(4-6-11)2-1-9-15-14(20)12-7-8-13(19)17-16-12/h3-6,18H,1-2,7-9H2,(H,15,20)(H,17,19). The molecule has 0 spiro atoms. The molecule has 0 radical (unpaired) electrons. The second-order valence-corrected chi connectivity index (χ2v) is 4.62. The van der Waals surface area contributed by atoms with Crippen LogP contribution in [-0.4, -0.2) is 29.2 Å². The molecule has 2 rings (SSSR count). The van der Waals surface area contributed by atoms with E-state index >= 15 is 0 Å². The van der Waals surface area contributed by atoms with Gasteiger partial charge in [-0.3, -0.25) is 9.59 Å². The Hall–Kier alpha value is -2.37. The number of phenols is 1. The van der Waals surface area contributed by atoms with Gasteiger partial charge in [-0.15, -0.1) is 0 Å². The summed E-state index contributed by atoms with van der Waals surface area (Å²) >= 11 is 0. The first-order chi connectivity index (χ1) is 9.65. The highest BCUT2D eigenvalue weighted by atomic mass is 16.3. The number of amides is 2. The molecule has 0 saturated heterocycles. The van der Waals surface area contributed by atoms with E-state index in [0.29, 0.717) is 25.1 Å². The van der Waals surface area contributed by atoms with Crippen LogP contribution in [0.3, 0.4) is 0 Å². The maximum absolute atomic E-state index is 11.7. The number of carbonyl (C=O) groups is 2. The van der Waals surface area contributed by atoms with Crippen LogP contribution in [0.4, 0.5) is 0 Å². The van der Waals surface area contributed by atoms with E-state index in [1.807, 2.05) is 12.1 Å². The van der Waals surface area contributed by atoms with Crippen molar-refractivity contribution >= 4 is 17.5 Å². The van der Waals surface area contributed by atoms with Crippen molar-refractivity contribution in [2.75, 3.05) is 6.54 Å². The molecule has 0 fully saturated rings. The summed E-state index contributed by atoms with van der Waals surface area (Å²) in [6, 6.07) is 7.01. The zero-order chi connectivity index (χ0) is 14.4. The van der Waals surface area contributed by atoms with Crippen LogP contribution in [0.15, 0.2) is 29.4 Å². The van der Waals surface area contributed by atoms with Gasteiger partial charge in [0, 0.05) is 19.4 Å². The van der Waals surface area contributed by atoms with Crippen LogP contribution in [-0.2, 0) is 16.0 Å². The molecular formula is C14H17N3O3. The van der Waals surface area contributed by atoms with Crippen LogP contribution < -0.4 is 10.7 Å². The lowest BCUT2D eigenvalue weighted by atomic mass is 10.1. The highest BCUT2D eigenvalue weighted by Crippen LogP contribution is 2.10. The predicted octanol–water partition coefficient (Wildman–Crippen LogP) is 0.707. The van der Waals surface area contributed by atoms with Crippen molar-refractivity contribution in [3.05, 3.63) is 29.8 Å². The lowest BCUT2D eigenvalue weighted by Gasteiger charge is -2.11. The molecule has 6 nitrogen and oxygen atoms in total. The molecule has 2 amide bonds. The zero-order valence-electron chi connectivity index (χ0n) is 11.1. The van der Waals surface area contributed by atoms with E-state index in [1.54, 1.807) is 12.1 Å². The van der Waals surface area contributed by atoms with Crippen molar-refractivity contribution in [2.24, 2.45) is 5.10 Å². The Bertz CT molecular complexity index is 523. The molecule has 1 aliphatic rings. The van der Waals surface area contributed by atoms with E-state index in [-0.39, 0.29) is 17.6 Å². The second kappa shape index (κ2) is 6.70. The van der Waals surface area contributed by atoms with Crippen molar-refractivity contribution in [3.63, 3.8) is 0 Å². The number of phenolic OH excluding ortho intramolecular Hbond substituents is 1. The van der Waals surface area contributed by atoms with Crippen molar-refractivity contribution < 1.29 is 14.7 Å². The first kappa shape index (κ1) is 14.0. The Kier molecular flexibility index (Phi) is 4.70. The Labute approximate surface area is 116 Å². The average Bonchev–Trinajstić information content (AvgIpc) is 2.46. The molecule has 106 valence electrons. The Morgan fingerprint density at radius 3 is 2.70 bits per heavy atom. The number of rotatable bonds is 5. The van der Waals surface area contributed by atoms with Gasteiger partial charge in [0.25, 0.3) is 5.91 Å². The number of hydrazone groups is 1. The van der Waals surface area contributed by atoms with Crippen molar-refractivity contribution in [1.29, 1.82) is 0 Å². The number of nitrogens with one attached hydrogen (secondary N) is 2. The number of carbonyl (C=O) groups excluding carboxylic acids is 2. The lowest BCUT2D eigenvalue weighted by molar-refractivity contribution is -0.121. The number of nitrogens with zero attached hydrogens (tertiary/aromatic N) is 1. The van der Waals surface area contributed by atoms with Gasteiger partial charge in [0.15, 0.2) is 0 Å². The van der Waals surface area contributed by atoms with Gasteiger partial charge in [-0.25, -0.2) is 5.43 Å². The average molecular weight is 275 g/mol. The van der Waals surface area contributed by atoms with Gasteiger partial charge in [-0.1, -0.05) is 12.1 Å². The smallest absolute Gasteiger partial charge is 0.267 e. The summed E-state index contributed by atoms with van der Waals surface area (Å²) in [6.45, 7) is 0.548. The molecule has 1 aromatic rings. The molecule has 0 bridgehead atoms. The van der Waals surface area contributed by atoms with E-state index in [0.717, 1.165) is 18.4 Å². The van der Waals surface area contributed by atoms with E-state index in [2.05, 4.69) is 15.8 Å². The molecule has 1 aliphatic heterocycles. The monoisotopic (exact) mass is 275 g/mol. The van der Waals surface area contributed by atoms with E-state index in [9.17, 15) is 9.59 Å². The number of benzene rings is 1. The minimum absolute atomic E-state index is 0.158. The summed E-state index contributed by atoms with van der Waals surface area (Å²) in [7, 11) is 0. The first-order valence-corrected chi connectivity index (χ1v) is 6.56. The van der Waals surface area contributed by atoms with Crippen molar-refractivity contribution in [1.82, 2.24) is 10.7 Å². The van der Waals surface area contributed by atoms with Crippen molar-refractivity contribution in [2.45, 2.75) is 25.7 Å². The molecule has 0 saturated carbocycles. The predicted molar refractivity (Wildman–Crippen MR) is 74.2 cm³/mol. The highest BCUT2D eigenvalue weighted by Gasteiger charge is 2.17. The molecule has 0 aromatic heterocycles. The topological polar surface area (TPSA) is 90.8 Å². The third-order valence-corrected chi connectivity index (χ3v) is 3.03. The molecule has 6 heteroatoms. The quantitative estimate of drug-likeness (QED) is 0.691. The highest BCUT2D eigenvalue weighted by molar-refractivity contribution is 6.39. The fraction of sp³-hybridized carbons (Fsp3) is 0.357. The number of hydrogen-bond donors (Lipinski definition) is 3. The normalized spacial score (nSPS) is 14.4. The Balaban J connectivity index is 1.69. The van der Waals surface area contributed by atoms with E-state index in [1.165, 1.54) is 0 Å². The number of aromatic hydroxyl groups is 1. The molecule has 0 aliphatic carbocycles. The van der Waals surface area contributed by atoms with Gasteiger partial charge in [0.05, 0.1) is 0 Å². The van der Waals surface area contributed by atoms with Crippen LogP contribution >= 0.6 is 0 Å². The molecule has 0 atom stereocenters. The van der Waals surface area contributed by atoms with Crippen molar-refractivity contribution in [3.8, 4) is 5.75 Å². The van der Waals surface area contributed by atoms with Gasteiger partial charge < -0.3 is 10.4 Å². The van der Waals surface area contributed by atoms with E-state index in [4.69, 9.17) is 5.11 Å². The van der Waals surface area contributed by atoms with Crippen LogP contribution in [0.25, 0.3) is 0 Å². The van der Waals surface area contributed by atoms with Crippen LogP contribution in [0.1, 0.15) is 24.8 Å². The summed E-state index contributed by atoms with van der Waals surface area (Å²) in [6.07, 6.45) is 2.31. The maximum Gasteiger partial charge on any atom is 0.267 e. The molecule has 20 heavy (non-hydrogen) atoms. The zero-order valence-corrected chi connectivity index (χ0v) is 11.1. The van der Waals surface area contributed by atoms with Gasteiger partial charge in [-0.2, -0.15) is 5.10 Å². The largest absolute Gasteiger partial charge is 0.508 e. The number of aryl methyl sites for hydroxylation is 1. The fourth-order valence-electron chi connectivity index (χ4n) is 1.90. The number of hydrogen-bond acceptors (Lipinski definition) is 4. The summed E-state index contributed by atoms with van der Waals surface area (Å²) in [5, 5.41) is 15.7. The lowest BCUT2D eigenvalue weighted by Crippen LogP contribution is -2.37. The Morgan fingerprint density at radius 2 is 2.05 bits per heavy atom. The summed E-state index contributed by atoms with van der Waals surface area (Å²) in [4.78, 5) is 22.6. The third-order valence-electron chi connectivity index (χ3n) is 3.03. The van der Waals surface area contributed by atoms with E-state index < -0.39 is 0 Å². The van der Waals surface area contributed by atoms with Gasteiger partial charge >= 0.3 is 0 Å². The molecular weight excluding hydrogens is 258 g/mol.